The first-order valence-electron chi connectivity index (χ1n) is 5.76. The summed E-state index contributed by atoms with van der Waals surface area (Å²) in [5.74, 6) is -1.44. The van der Waals surface area contributed by atoms with Crippen molar-refractivity contribution in [3.8, 4) is 0 Å². The molecule has 3 nitrogen and oxygen atoms in total. The van der Waals surface area contributed by atoms with E-state index in [1.807, 2.05) is 37.2 Å². The predicted octanol–water partition coefficient (Wildman–Crippen LogP) is 3.36. The maximum atomic E-state index is 13.3. The van der Waals surface area contributed by atoms with Crippen molar-refractivity contribution in [2.45, 2.75) is 0 Å². The van der Waals surface area contributed by atoms with Gasteiger partial charge in [-0.2, -0.15) is 0 Å². The standard InChI is InChI=1S/C14H15F2N3/c1-19(2)11-5-3-4-10(8-11)18-13-7-9(15)6-12(16)14(13)17/h3-8,18H,17H2,1-2H3. The number of nitrogens with two attached hydrogens (primary N) is 1. The number of anilines is 4. The molecule has 0 aliphatic carbocycles. The lowest BCUT2D eigenvalue weighted by atomic mass is 10.2. The Bertz CT molecular complexity index is 597. The van der Waals surface area contributed by atoms with E-state index in [-0.39, 0.29) is 11.4 Å². The molecule has 2 rings (SSSR count). The van der Waals surface area contributed by atoms with Crippen molar-refractivity contribution in [1.29, 1.82) is 0 Å². The zero-order chi connectivity index (χ0) is 14.0. The second-order valence-corrected chi connectivity index (χ2v) is 4.42. The van der Waals surface area contributed by atoms with Crippen molar-refractivity contribution < 1.29 is 8.78 Å². The summed E-state index contributed by atoms with van der Waals surface area (Å²) in [6, 6.07) is 9.37. The molecule has 0 spiro atoms. The minimum atomic E-state index is -0.772. The highest BCUT2D eigenvalue weighted by Gasteiger charge is 2.08. The molecule has 0 aliphatic rings. The van der Waals surface area contributed by atoms with Gasteiger partial charge in [-0.3, -0.25) is 0 Å². The number of hydrogen-bond donors (Lipinski definition) is 2. The molecule has 0 unspecified atom stereocenters. The number of nitrogens with one attached hydrogen (secondary N) is 1. The van der Waals surface area contributed by atoms with Crippen LogP contribution in [-0.4, -0.2) is 14.1 Å². The summed E-state index contributed by atoms with van der Waals surface area (Å²) >= 11 is 0. The molecule has 0 radical (unpaired) electrons. The predicted molar refractivity (Wildman–Crippen MR) is 74.8 cm³/mol. The van der Waals surface area contributed by atoms with E-state index >= 15 is 0 Å². The minimum Gasteiger partial charge on any atom is -0.395 e. The number of rotatable bonds is 3. The normalized spacial score (nSPS) is 10.3. The minimum absolute atomic E-state index is 0.100. The Kier molecular flexibility index (Phi) is 3.55. The van der Waals surface area contributed by atoms with Gasteiger partial charge in [-0.15, -0.1) is 0 Å². The highest BCUT2D eigenvalue weighted by Crippen LogP contribution is 2.28. The van der Waals surface area contributed by atoms with Crippen LogP contribution in [0, 0.1) is 11.6 Å². The van der Waals surface area contributed by atoms with Crippen LogP contribution in [0.3, 0.4) is 0 Å². The monoisotopic (exact) mass is 263 g/mol. The second-order valence-electron chi connectivity index (χ2n) is 4.42. The molecular weight excluding hydrogens is 248 g/mol. The molecule has 3 N–H and O–H groups in total. The number of benzene rings is 2. The molecule has 5 heteroatoms. The SMILES string of the molecule is CN(C)c1cccc(Nc2cc(F)cc(F)c2N)c1. The van der Waals surface area contributed by atoms with E-state index in [0.29, 0.717) is 5.69 Å². The van der Waals surface area contributed by atoms with Gasteiger partial charge in [0.2, 0.25) is 0 Å². The van der Waals surface area contributed by atoms with Crippen molar-refractivity contribution in [3.63, 3.8) is 0 Å². The summed E-state index contributed by atoms with van der Waals surface area (Å²) < 4.78 is 26.5. The highest BCUT2D eigenvalue weighted by molar-refractivity contribution is 5.74. The van der Waals surface area contributed by atoms with Crippen LogP contribution in [-0.2, 0) is 0 Å². The quantitative estimate of drug-likeness (QED) is 0.834. The summed E-state index contributed by atoms with van der Waals surface area (Å²) in [5, 5.41) is 2.92. The maximum absolute atomic E-state index is 13.3. The zero-order valence-electron chi connectivity index (χ0n) is 10.7. The fourth-order valence-corrected chi connectivity index (χ4v) is 1.71. The first-order valence-corrected chi connectivity index (χ1v) is 5.76. The van der Waals surface area contributed by atoms with E-state index in [2.05, 4.69) is 5.32 Å². The van der Waals surface area contributed by atoms with Crippen LogP contribution in [0.5, 0.6) is 0 Å². The molecule has 0 bridgehead atoms. The Balaban J connectivity index is 2.33. The van der Waals surface area contributed by atoms with E-state index in [1.165, 1.54) is 6.07 Å². The van der Waals surface area contributed by atoms with E-state index < -0.39 is 11.6 Å². The van der Waals surface area contributed by atoms with E-state index in [4.69, 9.17) is 5.73 Å². The Morgan fingerprint density at radius 1 is 1.11 bits per heavy atom. The van der Waals surface area contributed by atoms with Gasteiger partial charge in [0.25, 0.3) is 0 Å². The summed E-state index contributed by atoms with van der Waals surface area (Å²) in [4.78, 5) is 1.93. The summed E-state index contributed by atoms with van der Waals surface area (Å²) in [7, 11) is 3.82. The topological polar surface area (TPSA) is 41.3 Å². The molecule has 2 aromatic rings. The van der Waals surface area contributed by atoms with Gasteiger partial charge in [-0.05, 0) is 24.3 Å². The molecule has 2 aromatic carbocycles. The van der Waals surface area contributed by atoms with Gasteiger partial charge in [-0.1, -0.05) is 6.07 Å². The van der Waals surface area contributed by atoms with Crippen molar-refractivity contribution in [2.24, 2.45) is 0 Å². The smallest absolute Gasteiger partial charge is 0.151 e. The molecule has 0 amide bonds. The molecule has 0 aliphatic heterocycles. The first kappa shape index (κ1) is 13.1. The van der Waals surface area contributed by atoms with Gasteiger partial charge >= 0.3 is 0 Å². The number of nitrogens with zero attached hydrogens (tertiary/aromatic N) is 1. The van der Waals surface area contributed by atoms with Crippen molar-refractivity contribution >= 4 is 22.7 Å². The van der Waals surface area contributed by atoms with Crippen LogP contribution >= 0.6 is 0 Å². The third-order valence-electron chi connectivity index (χ3n) is 2.74. The van der Waals surface area contributed by atoms with Gasteiger partial charge < -0.3 is 16.0 Å². The lowest BCUT2D eigenvalue weighted by molar-refractivity contribution is 0.587. The molecular formula is C14H15F2N3. The molecule has 0 saturated carbocycles. The lowest BCUT2D eigenvalue weighted by Gasteiger charge is -2.15. The summed E-state index contributed by atoms with van der Waals surface area (Å²) in [6.45, 7) is 0. The van der Waals surface area contributed by atoms with E-state index in [9.17, 15) is 8.78 Å². The molecule has 19 heavy (non-hydrogen) atoms. The molecule has 100 valence electrons. The Morgan fingerprint density at radius 2 is 1.84 bits per heavy atom. The largest absolute Gasteiger partial charge is 0.395 e. The molecule has 0 fully saturated rings. The molecule has 0 aromatic heterocycles. The van der Waals surface area contributed by atoms with Crippen LogP contribution in [0.2, 0.25) is 0 Å². The highest BCUT2D eigenvalue weighted by atomic mass is 19.1. The summed E-state index contributed by atoms with van der Waals surface area (Å²) in [6.07, 6.45) is 0. The average molecular weight is 263 g/mol. The van der Waals surface area contributed by atoms with Crippen LogP contribution in [0.25, 0.3) is 0 Å². The second kappa shape index (κ2) is 5.14. The van der Waals surface area contributed by atoms with Gasteiger partial charge in [-0.25, -0.2) is 8.78 Å². The van der Waals surface area contributed by atoms with Crippen molar-refractivity contribution in [2.75, 3.05) is 30.0 Å². The summed E-state index contributed by atoms with van der Waals surface area (Å²) in [5.41, 5.74) is 7.38. The van der Waals surface area contributed by atoms with Crippen LogP contribution < -0.4 is 16.0 Å². The van der Waals surface area contributed by atoms with Crippen molar-refractivity contribution in [3.05, 3.63) is 48.0 Å². The number of halogens is 2. The average Bonchev–Trinajstić information content (AvgIpc) is 2.35. The van der Waals surface area contributed by atoms with Gasteiger partial charge in [0.05, 0.1) is 11.4 Å². The lowest BCUT2D eigenvalue weighted by Crippen LogP contribution is -2.08. The van der Waals surface area contributed by atoms with Gasteiger partial charge in [0, 0.05) is 31.5 Å². The Hall–Kier alpha value is -2.30. The van der Waals surface area contributed by atoms with Gasteiger partial charge in [0.15, 0.2) is 5.82 Å². The molecule has 0 saturated heterocycles. The fraction of sp³-hybridized carbons (Fsp3) is 0.143. The van der Waals surface area contributed by atoms with Gasteiger partial charge in [0.1, 0.15) is 5.82 Å². The zero-order valence-corrected chi connectivity index (χ0v) is 10.7. The third-order valence-corrected chi connectivity index (χ3v) is 2.74. The van der Waals surface area contributed by atoms with E-state index in [1.54, 1.807) is 6.07 Å². The van der Waals surface area contributed by atoms with Crippen LogP contribution in [0.4, 0.5) is 31.5 Å². The Morgan fingerprint density at radius 3 is 2.53 bits per heavy atom. The molecule has 0 heterocycles. The van der Waals surface area contributed by atoms with Crippen LogP contribution in [0.15, 0.2) is 36.4 Å². The maximum Gasteiger partial charge on any atom is 0.151 e. The van der Waals surface area contributed by atoms with E-state index in [0.717, 1.165) is 11.8 Å². The number of nitrogen functional groups attached to an aromatic ring is 1. The first-order chi connectivity index (χ1) is 8.97. The van der Waals surface area contributed by atoms with Crippen molar-refractivity contribution in [1.82, 2.24) is 0 Å². The molecule has 0 atom stereocenters. The number of hydrogen-bond acceptors (Lipinski definition) is 3. The third kappa shape index (κ3) is 2.93. The fourth-order valence-electron chi connectivity index (χ4n) is 1.71. The van der Waals surface area contributed by atoms with Crippen LogP contribution in [0.1, 0.15) is 0 Å². The Labute approximate surface area is 110 Å².